The molecule has 0 saturated heterocycles. The van der Waals surface area contributed by atoms with E-state index in [2.05, 4.69) is 154 Å². The van der Waals surface area contributed by atoms with Crippen LogP contribution in [-0.2, 0) is 11.0 Å². The maximum atomic E-state index is 12.8. The normalized spacial score (nSPS) is 16.9. The summed E-state index contributed by atoms with van der Waals surface area (Å²) in [5, 5.41) is 17.1. The van der Waals surface area contributed by atoms with Gasteiger partial charge in [-0.3, -0.25) is 9.97 Å². The molecule has 2 unspecified atom stereocenters. The summed E-state index contributed by atoms with van der Waals surface area (Å²) >= 11 is 15.1. The van der Waals surface area contributed by atoms with Crippen LogP contribution in [0.5, 0.6) is 0 Å². The number of fused-ring (bicyclic) bond motifs is 21. The summed E-state index contributed by atoms with van der Waals surface area (Å²) in [6.45, 7) is 0. The lowest BCUT2D eigenvalue weighted by Crippen LogP contribution is -2.27. The van der Waals surface area contributed by atoms with Gasteiger partial charge in [-0.25, -0.2) is 0 Å². The summed E-state index contributed by atoms with van der Waals surface area (Å²) < 4.78 is 16.9. The Morgan fingerprint density at radius 1 is 0.406 bits per heavy atom. The van der Waals surface area contributed by atoms with E-state index in [4.69, 9.17) is 13.8 Å². The van der Waals surface area contributed by atoms with Gasteiger partial charge in [-0.1, -0.05) is 157 Å². The number of hydrogen-bond acceptors (Lipinski definition) is 5. The number of nitrogens with zero attached hydrogens (tertiary/aromatic N) is 2. The number of rotatable bonds is 2. The zero-order valence-corrected chi connectivity index (χ0v) is 42.4. The van der Waals surface area contributed by atoms with Crippen molar-refractivity contribution in [2.45, 2.75) is 11.0 Å². The Hall–Kier alpha value is -6.46. The van der Waals surface area contributed by atoms with Gasteiger partial charge in [0.25, 0.3) is 0 Å². The molecule has 0 saturated carbocycles. The first-order chi connectivity index (χ1) is 33.8. The first kappa shape index (κ1) is 41.5. The quantitative estimate of drug-likeness (QED) is 0.187. The minimum Gasteiger partial charge on any atom is -0.455 e. The first-order valence-corrected chi connectivity index (χ1v) is 25.6. The summed E-state index contributed by atoms with van der Waals surface area (Å²) in [5.41, 5.74) is 17.1. The van der Waals surface area contributed by atoms with Crippen molar-refractivity contribution in [1.82, 2.24) is 9.97 Å². The molecule has 0 aliphatic heterocycles. The number of benzene rings is 8. The van der Waals surface area contributed by atoms with Crippen molar-refractivity contribution in [2.24, 2.45) is 0 Å². The monoisotopic (exact) mass is 1140 g/mol. The maximum absolute atomic E-state index is 12.8. The van der Waals surface area contributed by atoms with Crippen LogP contribution in [0, 0.1) is 0 Å². The van der Waals surface area contributed by atoms with Crippen LogP contribution in [0.4, 0.5) is 0 Å². The molecular weight excluding hydrogens is 1120 g/mol. The van der Waals surface area contributed by atoms with Gasteiger partial charge in [0.05, 0.1) is 16.8 Å². The first-order valence-electron chi connectivity index (χ1n) is 22.4. The van der Waals surface area contributed by atoms with Crippen molar-refractivity contribution < 1.29 is 13.9 Å². The minimum atomic E-state index is -1.40. The van der Waals surface area contributed by atoms with Gasteiger partial charge in [0.2, 0.25) is 0 Å². The SMILES string of the molecule is Brc1ccc2c(c1)C1(c3ccccc3-c3ncccc31)c1cc(Br)c3c(oc4ccccc43)c1-2.OC1(c2ccccc2-c2ccccn2)c2cc(Br)ccc2-c2c1cc(Br)c1c2oc2ccccc21. The van der Waals surface area contributed by atoms with Crippen LogP contribution in [0.25, 0.3) is 88.6 Å². The molecule has 5 nitrogen and oxygen atoms in total. The summed E-state index contributed by atoms with van der Waals surface area (Å²) in [6, 6.07) is 60.1. The molecule has 4 aromatic heterocycles. The second-order valence-corrected chi connectivity index (χ2v) is 21.3. The van der Waals surface area contributed by atoms with Gasteiger partial charge in [0, 0.05) is 90.8 Å². The molecule has 9 heteroatoms. The number of aromatic nitrogens is 2. The molecule has 328 valence electrons. The molecule has 3 aliphatic rings. The molecular formula is C60H32Br4N2O3. The van der Waals surface area contributed by atoms with E-state index in [0.29, 0.717) is 0 Å². The topological polar surface area (TPSA) is 72.3 Å². The maximum Gasteiger partial charge on any atom is 0.144 e. The zero-order chi connectivity index (χ0) is 46.3. The summed E-state index contributed by atoms with van der Waals surface area (Å²) in [4.78, 5) is 9.45. The average molecular weight is 1150 g/mol. The number of para-hydroxylation sites is 2. The number of aliphatic hydroxyl groups is 1. The fourth-order valence-corrected chi connectivity index (χ4v) is 13.7. The predicted octanol–water partition coefficient (Wildman–Crippen LogP) is 17.3. The summed E-state index contributed by atoms with van der Waals surface area (Å²) in [6.07, 6.45) is 3.67. The highest BCUT2D eigenvalue weighted by Crippen LogP contribution is 2.65. The molecule has 0 fully saturated rings. The molecule has 15 rings (SSSR count). The van der Waals surface area contributed by atoms with Crippen LogP contribution >= 0.6 is 63.7 Å². The van der Waals surface area contributed by atoms with Crippen molar-refractivity contribution in [3.8, 4) is 44.8 Å². The largest absolute Gasteiger partial charge is 0.455 e. The van der Waals surface area contributed by atoms with E-state index in [1.54, 1.807) is 6.20 Å². The molecule has 3 aliphatic carbocycles. The number of halogens is 4. The molecule has 4 heterocycles. The van der Waals surface area contributed by atoms with E-state index in [9.17, 15) is 5.11 Å². The van der Waals surface area contributed by atoms with Crippen molar-refractivity contribution >= 4 is 108 Å². The van der Waals surface area contributed by atoms with Gasteiger partial charge in [-0.2, -0.15) is 0 Å². The Kier molecular flexibility index (Phi) is 9.18. The summed E-state index contributed by atoms with van der Waals surface area (Å²) in [5.74, 6) is 0. The van der Waals surface area contributed by atoms with Crippen LogP contribution in [0.1, 0.15) is 38.9 Å². The average Bonchev–Trinajstić information content (AvgIpc) is 4.17. The molecule has 12 aromatic rings. The van der Waals surface area contributed by atoms with E-state index in [-0.39, 0.29) is 0 Å². The van der Waals surface area contributed by atoms with Crippen LogP contribution in [0.2, 0.25) is 0 Å². The number of hydrogen-bond donors (Lipinski definition) is 1. The smallest absolute Gasteiger partial charge is 0.144 e. The Morgan fingerprint density at radius 3 is 1.62 bits per heavy atom. The highest BCUT2D eigenvalue weighted by molar-refractivity contribution is 9.11. The third-order valence-corrected chi connectivity index (χ3v) is 16.6. The van der Waals surface area contributed by atoms with Gasteiger partial charge in [0.15, 0.2) is 0 Å². The standard InChI is InChI=1S/C30H17Br2NO2.C30H15Br2NO/c31-17-12-13-19-22(15-17)30(34,21-9-3-1-7-18(21)25-10-5-6-14-33-25)23-16-24(32)28-20-8-2-4-11-26(20)35-29(28)27(19)23;31-16-11-12-17-22(14-16)30(20-8-3-1-6-18(20)28-21(30)9-5-13-33-28)23-15-24(32)27-19-7-2-4-10-25(19)34-29(27)26(17)23/h1-16,34H;1-15H. The highest BCUT2D eigenvalue weighted by Gasteiger charge is 2.53. The second-order valence-electron chi connectivity index (χ2n) is 17.7. The van der Waals surface area contributed by atoms with Crippen LogP contribution in [0.15, 0.2) is 215 Å². The Balaban J connectivity index is 0.000000130. The van der Waals surface area contributed by atoms with E-state index < -0.39 is 11.0 Å². The van der Waals surface area contributed by atoms with Crippen molar-refractivity contribution in [2.75, 3.05) is 0 Å². The van der Waals surface area contributed by atoms with Crippen LogP contribution < -0.4 is 0 Å². The zero-order valence-electron chi connectivity index (χ0n) is 36.1. The molecule has 69 heavy (non-hydrogen) atoms. The van der Waals surface area contributed by atoms with Crippen molar-refractivity contribution in [3.63, 3.8) is 0 Å². The van der Waals surface area contributed by atoms with Crippen LogP contribution in [-0.4, -0.2) is 15.1 Å². The molecule has 8 aromatic carbocycles. The molecule has 0 amide bonds. The van der Waals surface area contributed by atoms with E-state index in [0.717, 1.165) is 107 Å². The Bertz CT molecular complexity index is 4130. The van der Waals surface area contributed by atoms with Gasteiger partial charge in [-0.05, 0) is 116 Å². The molecule has 0 bridgehead atoms. The fourth-order valence-electron chi connectivity index (χ4n) is 11.7. The van der Waals surface area contributed by atoms with Gasteiger partial charge in [0.1, 0.15) is 27.9 Å². The number of furan rings is 2. The Morgan fingerprint density at radius 2 is 0.942 bits per heavy atom. The lowest BCUT2D eigenvalue weighted by atomic mass is 9.71. The highest BCUT2D eigenvalue weighted by atomic mass is 79.9. The van der Waals surface area contributed by atoms with E-state index >= 15 is 0 Å². The van der Waals surface area contributed by atoms with Crippen molar-refractivity contribution in [3.05, 3.63) is 245 Å². The third kappa shape index (κ3) is 5.65. The molecule has 1 spiro atoms. The van der Waals surface area contributed by atoms with Gasteiger partial charge in [-0.15, -0.1) is 0 Å². The predicted molar refractivity (Wildman–Crippen MR) is 290 cm³/mol. The molecule has 0 radical (unpaired) electrons. The second kappa shape index (κ2) is 15.3. The number of pyridine rings is 2. The third-order valence-electron chi connectivity index (χ3n) is 14.3. The minimum absolute atomic E-state index is 0.454. The van der Waals surface area contributed by atoms with Gasteiger partial charge >= 0.3 is 0 Å². The van der Waals surface area contributed by atoms with Crippen LogP contribution in [0.3, 0.4) is 0 Å². The van der Waals surface area contributed by atoms with E-state index in [1.165, 1.54) is 38.9 Å². The molecule has 1 N–H and O–H groups in total. The van der Waals surface area contributed by atoms with Crippen molar-refractivity contribution in [1.29, 1.82) is 0 Å². The lowest BCUT2D eigenvalue weighted by molar-refractivity contribution is 0.131. The molecule has 2 atom stereocenters. The fraction of sp³-hybridized carbons (Fsp3) is 0.0333. The summed E-state index contributed by atoms with van der Waals surface area (Å²) in [7, 11) is 0. The van der Waals surface area contributed by atoms with E-state index in [1.807, 2.05) is 97.2 Å². The van der Waals surface area contributed by atoms with Gasteiger partial charge < -0.3 is 13.9 Å². The Labute approximate surface area is 429 Å². The lowest BCUT2D eigenvalue weighted by Gasteiger charge is -2.30.